The lowest BCUT2D eigenvalue weighted by Gasteiger charge is -2.39. The molecular weight excluding hydrogens is 688 g/mol. The largest absolute Gasteiger partial charge is 0.462 e. The van der Waals surface area contributed by atoms with Gasteiger partial charge < -0.3 is 39.4 Å². The normalized spacial score (nSPS) is 20.9. The summed E-state index contributed by atoms with van der Waals surface area (Å²) in [6, 6.07) is 0. The molecule has 0 aliphatic carbocycles. The van der Waals surface area contributed by atoms with Gasteiger partial charge in [-0.15, -0.1) is 0 Å². The maximum atomic E-state index is 12.7. The summed E-state index contributed by atoms with van der Waals surface area (Å²) >= 11 is 0. The topological polar surface area (TPSA) is 152 Å². The molecule has 0 amide bonds. The van der Waals surface area contributed by atoms with E-state index < -0.39 is 49.4 Å². The number of esters is 2. The van der Waals surface area contributed by atoms with E-state index in [1.165, 1.54) is 103 Å². The van der Waals surface area contributed by atoms with Gasteiger partial charge >= 0.3 is 11.9 Å². The van der Waals surface area contributed by atoms with Crippen LogP contribution in [-0.4, -0.2) is 89.0 Å². The van der Waals surface area contributed by atoms with Gasteiger partial charge in [0.15, 0.2) is 12.4 Å². The number of carbonyl (C=O) groups is 2. The number of ether oxygens (including phenoxy) is 4. The minimum absolute atomic E-state index is 0.217. The van der Waals surface area contributed by atoms with Crippen molar-refractivity contribution >= 4 is 11.9 Å². The molecule has 1 aliphatic heterocycles. The Morgan fingerprint density at radius 1 is 0.574 bits per heavy atom. The first-order valence-electron chi connectivity index (χ1n) is 21.9. The van der Waals surface area contributed by atoms with Gasteiger partial charge in [-0.1, -0.05) is 154 Å². The number of allylic oxidation sites excluding steroid dienone is 4. The first-order valence-corrected chi connectivity index (χ1v) is 21.9. The SMILES string of the molecule is CCCCC/C=C\C/C=C\CCCCCCCCCC(=O)OC(COC(=O)CCCCCCCCCCCCCC)COC1OC(CO)C(O)C(O)C1O. The number of unbranched alkanes of at least 4 members (excludes halogenated alkanes) is 21. The summed E-state index contributed by atoms with van der Waals surface area (Å²) in [6.07, 6.45) is 30.4. The Balaban J connectivity index is 2.34. The molecule has 0 bridgehead atoms. The second-order valence-electron chi connectivity index (χ2n) is 15.2. The number of aliphatic hydroxyl groups is 4. The van der Waals surface area contributed by atoms with E-state index in [2.05, 4.69) is 38.2 Å². The van der Waals surface area contributed by atoms with Gasteiger partial charge in [0.2, 0.25) is 0 Å². The standard InChI is InChI=1S/C44H80O10/c1-3-5-7-9-11-13-15-17-18-19-20-21-23-25-27-29-31-33-40(47)53-37(36-52-44-43(50)42(49)41(48)38(34-45)54-44)35-51-39(46)32-30-28-26-24-22-16-14-12-10-8-6-4-2/h11,13,17-18,37-38,41-45,48-50H,3-10,12,14-16,19-36H2,1-2H3/b13-11-,18-17-. The van der Waals surface area contributed by atoms with Crippen LogP contribution in [0.2, 0.25) is 0 Å². The fourth-order valence-electron chi connectivity index (χ4n) is 6.57. The highest BCUT2D eigenvalue weighted by Gasteiger charge is 2.44. The molecule has 0 spiro atoms. The van der Waals surface area contributed by atoms with E-state index in [0.717, 1.165) is 51.4 Å². The Hall–Kier alpha value is -1.82. The monoisotopic (exact) mass is 769 g/mol. The third-order valence-electron chi connectivity index (χ3n) is 10.1. The van der Waals surface area contributed by atoms with Crippen molar-refractivity contribution in [3.8, 4) is 0 Å². The van der Waals surface area contributed by atoms with Crippen LogP contribution in [0, 0.1) is 0 Å². The number of carbonyl (C=O) groups excluding carboxylic acids is 2. The minimum Gasteiger partial charge on any atom is -0.462 e. The van der Waals surface area contributed by atoms with Gasteiger partial charge in [0.05, 0.1) is 13.2 Å². The van der Waals surface area contributed by atoms with Crippen molar-refractivity contribution in [2.75, 3.05) is 19.8 Å². The molecule has 1 aliphatic rings. The van der Waals surface area contributed by atoms with Crippen LogP contribution in [0.3, 0.4) is 0 Å². The first kappa shape index (κ1) is 50.2. The zero-order valence-electron chi connectivity index (χ0n) is 34.2. The molecule has 54 heavy (non-hydrogen) atoms. The van der Waals surface area contributed by atoms with E-state index in [4.69, 9.17) is 18.9 Å². The van der Waals surface area contributed by atoms with Gasteiger partial charge in [-0.3, -0.25) is 9.59 Å². The Kier molecular flexibility index (Phi) is 33.1. The summed E-state index contributed by atoms with van der Waals surface area (Å²) in [5, 5.41) is 40.0. The van der Waals surface area contributed by atoms with Crippen LogP contribution in [0.4, 0.5) is 0 Å². The average molecular weight is 769 g/mol. The van der Waals surface area contributed by atoms with Gasteiger partial charge in [0.25, 0.3) is 0 Å². The number of aliphatic hydroxyl groups excluding tert-OH is 4. The van der Waals surface area contributed by atoms with E-state index in [-0.39, 0.29) is 32.0 Å². The predicted octanol–water partition coefficient (Wildman–Crippen LogP) is 8.94. The second kappa shape index (κ2) is 35.6. The molecule has 0 saturated carbocycles. The van der Waals surface area contributed by atoms with Gasteiger partial charge in [0, 0.05) is 12.8 Å². The van der Waals surface area contributed by atoms with Crippen LogP contribution in [-0.2, 0) is 28.5 Å². The van der Waals surface area contributed by atoms with E-state index >= 15 is 0 Å². The molecule has 1 fully saturated rings. The van der Waals surface area contributed by atoms with E-state index in [9.17, 15) is 30.0 Å². The maximum absolute atomic E-state index is 12.7. The lowest BCUT2D eigenvalue weighted by atomic mass is 9.99. The van der Waals surface area contributed by atoms with Gasteiger partial charge in [0.1, 0.15) is 31.0 Å². The van der Waals surface area contributed by atoms with Crippen LogP contribution in [0.5, 0.6) is 0 Å². The molecule has 6 unspecified atom stereocenters. The van der Waals surface area contributed by atoms with Crippen molar-refractivity contribution in [2.24, 2.45) is 0 Å². The molecule has 316 valence electrons. The highest BCUT2D eigenvalue weighted by molar-refractivity contribution is 5.70. The number of rotatable bonds is 36. The highest BCUT2D eigenvalue weighted by Crippen LogP contribution is 2.22. The molecule has 1 rings (SSSR count). The average Bonchev–Trinajstić information content (AvgIpc) is 3.17. The Bertz CT molecular complexity index is 938. The quantitative estimate of drug-likeness (QED) is 0.0276. The highest BCUT2D eigenvalue weighted by atomic mass is 16.7. The Morgan fingerprint density at radius 3 is 1.57 bits per heavy atom. The molecule has 10 nitrogen and oxygen atoms in total. The lowest BCUT2D eigenvalue weighted by Crippen LogP contribution is -2.59. The number of hydrogen-bond donors (Lipinski definition) is 4. The van der Waals surface area contributed by atoms with Crippen molar-refractivity contribution in [1.82, 2.24) is 0 Å². The predicted molar refractivity (Wildman–Crippen MR) is 215 cm³/mol. The molecule has 0 radical (unpaired) electrons. The second-order valence-corrected chi connectivity index (χ2v) is 15.2. The lowest BCUT2D eigenvalue weighted by molar-refractivity contribution is -0.305. The fraction of sp³-hybridized carbons (Fsp3) is 0.864. The molecule has 0 aromatic carbocycles. The molecule has 4 N–H and O–H groups in total. The zero-order valence-corrected chi connectivity index (χ0v) is 34.2. The minimum atomic E-state index is -1.59. The van der Waals surface area contributed by atoms with Crippen LogP contribution >= 0.6 is 0 Å². The zero-order chi connectivity index (χ0) is 39.5. The fourth-order valence-corrected chi connectivity index (χ4v) is 6.57. The van der Waals surface area contributed by atoms with Crippen molar-refractivity contribution in [1.29, 1.82) is 0 Å². The smallest absolute Gasteiger partial charge is 0.306 e. The molecule has 1 saturated heterocycles. The van der Waals surface area contributed by atoms with Gasteiger partial charge in [-0.25, -0.2) is 0 Å². The first-order chi connectivity index (χ1) is 26.3. The Morgan fingerprint density at radius 2 is 1.04 bits per heavy atom. The summed E-state index contributed by atoms with van der Waals surface area (Å²) in [6.45, 7) is 3.39. The summed E-state index contributed by atoms with van der Waals surface area (Å²) in [7, 11) is 0. The molecule has 10 heteroatoms. The van der Waals surface area contributed by atoms with Crippen molar-refractivity contribution in [2.45, 2.75) is 224 Å². The third kappa shape index (κ3) is 26.9. The molecular formula is C44H80O10. The molecule has 0 aromatic rings. The molecule has 1 heterocycles. The Labute approximate surface area is 328 Å². The summed E-state index contributed by atoms with van der Waals surface area (Å²) in [5.74, 6) is -0.811. The van der Waals surface area contributed by atoms with Crippen LogP contribution in [0.1, 0.15) is 187 Å². The van der Waals surface area contributed by atoms with Crippen LogP contribution < -0.4 is 0 Å². The van der Waals surface area contributed by atoms with Gasteiger partial charge in [-0.2, -0.15) is 0 Å². The van der Waals surface area contributed by atoms with Crippen molar-refractivity contribution in [3.63, 3.8) is 0 Å². The van der Waals surface area contributed by atoms with E-state index in [1.807, 2.05) is 0 Å². The molecule has 6 atom stereocenters. The number of hydrogen-bond acceptors (Lipinski definition) is 10. The van der Waals surface area contributed by atoms with Crippen molar-refractivity contribution < 1.29 is 49.0 Å². The van der Waals surface area contributed by atoms with Gasteiger partial charge in [-0.05, 0) is 44.9 Å². The summed E-state index contributed by atoms with van der Waals surface area (Å²) < 4.78 is 22.1. The third-order valence-corrected chi connectivity index (χ3v) is 10.1. The van der Waals surface area contributed by atoms with E-state index in [0.29, 0.717) is 6.42 Å². The summed E-state index contributed by atoms with van der Waals surface area (Å²) in [4.78, 5) is 25.3. The molecule has 0 aromatic heterocycles. The summed E-state index contributed by atoms with van der Waals surface area (Å²) in [5.41, 5.74) is 0. The van der Waals surface area contributed by atoms with Crippen molar-refractivity contribution in [3.05, 3.63) is 24.3 Å². The van der Waals surface area contributed by atoms with E-state index in [1.54, 1.807) is 0 Å². The van der Waals surface area contributed by atoms with Crippen LogP contribution in [0.25, 0.3) is 0 Å². The maximum Gasteiger partial charge on any atom is 0.306 e. The van der Waals surface area contributed by atoms with Crippen LogP contribution in [0.15, 0.2) is 24.3 Å².